The molecule has 0 saturated carbocycles. The van der Waals surface area contributed by atoms with E-state index in [1.807, 2.05) is 5.10 Å². The van der Waals surface area contributed by atoms with Crippen molar-refractivity contribution in [3.63, 3.8) is 0 Å². The molecule has 1 atom stereocenters. The first kappa shape index (κ1) is 22.0. The average Bonchev–Trinajstić information content (AvgIpc) is 2.99. The van der Waals surface area contributed by atoms with Crippen LogP contribution in [0.4, 0.5) is 19.4 Å². The molecule has 0 fully saturated rings. The van der Waals surface area contributed by atoms with Crippen molar-refractivity contribution < 1.29 is 27.9 Å². The second kappa shape index (κ2) is 8.80. The number of aromatic amines is 1. The summed E-state index contributed by atoms with van der Waals surface area (Å²) in [6.07, 6.45) is -0.995. The second-order valence-electron chi connectivity index (χ2n) is 7.37. The van der Waals surface area contributed by atoms with Crippen LogP contribution in [0, 0.1) is 11.8 Å². The number of hydrogen-bond acceptors (Lipinski definition) is 5. The van der Waals surface area contributed by atoms with Crippen LogP contribution in [-0.2, 0) is 16.0 Å². The van der Waals surface area contributed by atoms with Gasteiger partial charge in [0.05, 0.1) is 6.04 Å². The Kier molecular flexibility index (Phi) is 6.68. The van der Waals surface area contributed by atoms with Gasteiger partial charge in [0.1, 0.15) is 11.4 Å². The molecule has 1 heterocycles. The van der Waals surface area contributed by atoms with Crippen molar-refractivity contribution in [2.24, 2.45) is 0 Å². The van der Waals surface area contributed by atoms with Gasteiger partial charge in [-0.15, -0.1) is 0 Å². The largest absolute Gasteiger partial charge is 0.444 e. The van der Waals surface area contributed by atoms with Gasteiger partial charge < -0.3 is 15.4 Å². The van der Waals surface area contributed by atoms with E-state index in [1.54, 1.807) is 20.8 Å². The van der Waals surface area contributed by atoms with Crippen molar-refractivity contribution in [1.82, 2.24) is 15.5 Å². The number of rotatable bonds is 6. The first-order valence-corrected chi connectivity index (χ1v) is 8.77. The fraction of sp³-hybridized carbons (Fsp3) is 0.368. The zero-order valence-electron chi connectivity index (χ0n) is 16.4. The molecule has 0 aliphatic rings. The van der Waals surface area contributed by atoms with Gasteiger partial charge in [-0.05, 0) is 45.4 Å². The van der Waals surface area contributed by atoms with Gasteiger partial charge in [-0.3, -0.25) is 14.7 Å². The van der Waals surface area contributed by atoms with Crippen LogP contribution in [0.25, 0.3) is 0 Å². The van der Waals surface area contributed by atoms with Crippen LogP contribution in [0.5, 0.6) is 0 Å². The molecular formula is C19H22F2N4O4. The van der Waals surface area contributed by atoms with Crippen LogP contribution >= 0.6 is 0 Å². The molecular weight excluding hydrogens is 386 g/mol. The number of H-pyrrole nitrogens is 1. The van der Waals surface area contributed by atoms with Gasteiger partial charge in [0, 0.05) is 18.1 Å². The Labute approximate surface area is 166 Å². The molecule has 2 rings (SSSR count). The van der Waals surface area contributed by atoms with E-state index in [0.717, 1.165) is 18.2 Å². The van der Waals surface area contributed by atoms with Gasteiger partial charge in [0.2, 0.25) is 5.95 Å². The number of nitrogens with one attached hydrogen (secondary N) is 3. The molecule has 0 radical (unpaired) electrons. The molecule has 2 aromatic rings. The number of alkyl carbamates (subject to hydrolysis) is 1. The number of amides is 2. The Balaban J connectivity index is 2.10. The third-order valence-corrected chi connectivity index (χ3v) is 3.69. The Morgan fingerprint density at radius 1 is 1.21 bits per heavy atom. The molecule has 0 spiro atoms. The van der Waals surface area contributed by atoms with Crippen LogP contribution in [0.2, 0.25) is 0 Å². The molecule has 156 valence electrons. The lowest BCUT2D eigenvalue weighted by Gasteiger charge is -2.21. The predicted octanol–water partition coefficient (Wildman–Crippen LogP) is 2.97. The predicted molar refractivity (Wildman–Crippen MR) is 100 cm³/mol. The normalized spacial score (nSPS) is 12.2. The highest BCUT2D eigenvalue weighted by Gasteiger charge is 2.23. The van der Waals surface area contributed by atoms with Gasteiger partial charge in [-0.25, -0.2) is 9.18 Å². The highest BCUT2D eigenvalue weighted by atomic mass is 19.1. The maximum absolute atomic E-state index is 13.7. The number of nitrogens with zero attached hydrogens (tertiary/aromatic N) is 1. The van der Waals surface area contributed by atoms with Gasteiger partial charge in [0.25, 0.3) is 5.91 Å². The molecule has 0 aliphatic carbocycles. The Morgan fingerprint density at radius 2 is 1.90 bits per heavy atom. The molecule has 0 unspecified atom stereocenters. The summed E-state index contributed by atoms with van der Waals surface area (Å²) in [6, 6.07) is 3.43. The SMILES string of the molecule is C[C@H](NC(=O)OC(C)(C)C)C(=O)Cc1ccc(F)cc1C(=O)Nc1cc(F)[nH]n1. The summed E-state index contributed by atoms with van der Waals surface area (Å²) < 4.78 is 31.7. The topological polar surface area (TPSA) is 113 Å². The molecule has 1 aromatic carbocycles. The number of benzene rings is 1. The summed E-state index contributed by atoms with van der Waals surface area (Å²) in [5.41, 5.74) is -0.588. The van der Waals surface area contributed by atoms with Crippen molar-refractivity contribution in [1.29, 1.82) is 0 Å². The highest BCUT2D eigenvalue weighted by Crippen LogP contribution is 2.16. The average molecular weight is 408 g/mol. The van der Waals surface area contributed by atoms with Gasteiger partial charge >= 0.3 is 6.09 Å². The van der Waals surface area contributed by atoms with E-state index in [2.05, 4.69) is 15.7 Å². The van der Waals surface area contributed by atoms with Crippen molar-refractivity contribution in [2.45, 2.75) is 45.8 Å². The number of halogens is 2. The number of carbonyl (C=O) groups excluding carboxylic acids is 3. The Hall–Kier alpha value is -3.30. The van der Waals surface area contributed by atoms with Gasteiger partial charge in [-0.1, -0.05) is 6.07 Å². The fourth-order valence-electron chi connectivity index (χ4n) is 2.37. The molecule has 10 heteroatoms. The third-order valence-electron chi connectivity index (χ3n) is 3.69. The smallest absolute Gasteiger partial charge is 0.408 e. The second-order valence-corrected chi connectivity index (χ2v) is 7.37. The maximum atomic E-state index is 13.7. The number of aromatic nitrogens is 2. The van der Waals surface area contributed by atoms with E-state index < -0.39 is 41.2 Å². The standard InChI is InChI=1S/C19H22F2N4O4/c1-10(22-18(28)29-19(2,3)4)14(26)7-11-5-6-12(20)8-13(11)17(27)23-16-9-15(21)24-25-16/h5-6,8-10H,7H2,1-4H3,(H,22,28)(H2,23,24,25,27)/t10-/m0/s1. The van der Waals surface area contributed by atoms with Crippen molar-refractivity contribution in [3.05, 3.63) is 47.2 Å². The van der Waals surface area contributed by atoms with E-state index in [1.165, 1.54) is 13.0 Å². The molecule has 0 aliphatic heterocycles. The number of ether oxygens (including phenoxy) is 1. The molecule has 3 N–H and O–H groups in total. The minimum absolute atomic E-state index is 0.0889. The van der Waals surface area contributed by atoms with E-state index >= 15 is 0 Å². The Morgan fingerprint density at radius 3 is 2.48 bits per heavy atom. The van der Waals surface area contributed by atoms with E-state index in [-0.39, 0.29) is 23.4 Å². The molecule has 8 nitrogen and oxygen atoms in total. The zero-order valence-corrected chi connectivity index (χ0v) is 16.4. The van der Waals surface area contributed by atoms with Crippen LogP contribution in [0.1, 0.15) is 43.6 Å². The fourth-order valence-corrected chi connectivity index (χ4v) is 2.37. The first-order chi connectivity index (χ1) is 13.4. The molecule has 1 aromatic heterocycles. The van der Waals surface area contributed by atoms with Crippen molar-refractivity contribution in [2.75, 3.05) is 5.32 Å². The van der Waals surface area contributed by atoms with Crippen LogP contribution < -0.4 is 10.6 Å². The van der Waals surface area contributed by atoms with Crippen molar-refractivity contribution in [3.8, 4) is 0 Å². The van der Waals surface area contributed by atoms with Crippen LogP contribution in [0.15, 0.2) is 24.3 Å². The number of anilines is 1. The summed E-state index contributed by atoms with van der Waals surface area (Å²) >= 11 is 0. The van der Waals surface area contributed by atoms with Crippen LogP contribution in [0.3, 0.4) is 0 Å². The minimum Gasteiger partial charge on any atom is -0.444 e. The lowest BCUT2D eigenvalue weighted by molar-refractivity contribution is -0.120. The summed E-state index contributed by atoms with van der Waals surface area (Å²) in [7, 11) is 0. The quantitative estimate of drug-likeness (QED) is 0.680. The molecule has 2 amide bonds. The zero-order chi connectivity index (χ0) is 21.8. The summed E-state index contributed by atoms with van der Waals surface area (Å²) in [4.78, 5) is 36.7. The number of hydrogen-bond donors (Lipinski definition) is 3. The lowest BCUT2D eigenvalue weighted by Crippen LogP contribution is -2.42. The lowest BCUT2D eigenvalue weighted by atomic mass is 9.99. The Bertz CT molecular complexity index is 921. The molecule has 0 bridgehead atoms. The van der Waals surface area contributed by atoms with Gasteiger partial charge in [-0.2, -0.15) is 9.49 Å². The summed E-state index contributed by atoms with van der Waals surface area (Å²) in [5.74, 6) is -2.70. The summed E-state index contributed by atoms with van der Waals surface area (Å²) in [5, 5.41) is 10.3. The van der Waals surface area contributed by atoms with E-state index in [9.17, 15) is 23.2 Å². The number of Topliss-reactive ketones (excluding diaryl/α,β-unsaturated/α-hetero) is 1. The number of carbonyl (C=O) groups is 3. The first-order valence-electron chi connectivity index (χ1n) is 8.77. The van der Waals surface area contributed by atoms with Crippen LogP contribution in [-0.4, -0.2) is 39.6 Å². The molecule has 29 heavy (non-hydrogen) atoms. The highest BCUT2D eigenvalue weighted by molar-refractivity contribution is 6.05. The third kappa shape index (κ3) is 6.66. The monoisotopic (exact) mass is 408 g/mol. The maximum Gasteiger partial charge on any atom is 0.408 e. The number of ketones is 1. The summed E-state index contributed by atoms with van der Waals surface area (Å²) in [6.45, 7) is 6.54. The van der Waals surface area contributed by atoms with E-state index in [0.29, 0.717) is 0 Å². The minimum atomic E-state index is -0.897. The molecule has 0 saturated heterocycles. The van der Waals surface area contributed by atoms with Crippen molar-refractivity contribution >= 4 is 23.6 Å². The van der Waals surface area contributed by atoms with Gasteiger partial charge in [0.15, 0.2) is 11.6 Å². The van der Waals surface area contributed by atoms with E-state index in [4.69, 9.17) is 4.74 Å².